The average Bonchev–Trinajstić information content (AvgIpc) is 3.15. The van der Waals surface area contributed by atoms with E-state index in [0.29, 0.717) is 26.2 Å². The molecule has 1 atom stereocenters. The number of benzene rings is 1. The van der Waals surface area contributed by atoms with E-state index in [0.717, 1.165) is 12.8 Å². The Hall–Kier alpha value is -1.19. The molecule has 25 heavy (non-hydrogen) atoms. The number of sulfonamides is 1. The molecule has 2 saturated heterocycles. The van der Waals surface area contributed by atoms with Crippen molar-refractivity contribution in [3.8, 4) is 0 Å². The van der Waals surface area contributed by atoms with Crippen LogP contribution in [-0.2, 0) is 24.2 Å². The highest BCUT2D eigenvalue weighted by Gasteiger charge is 2.41. The lowest BCUT2D eigenvalue weighted by Crippen LogP contribution is -2.50. The maximum atomic E-state index is 13.1. The highest BCUT2D eigenvalue weighted by molar-refractivity contribution is 7.89. The summed E-state index contributed by atoms with van der Waals surface area (Å²) >= 11 is 6.17. The summed E-state index contributed by atoms with van der Waals surface area (Å²) in [6.07, 6.45) is 1.79. The van der Waals surface area contributed by atoms with Gasteiger partial charge in [0.25, 0.3) is 0 Å². The van der Waals surface area contributed by atoms with Crippen LogP contribution in [0.1, 0.15) is 29.6 Å². The number of carbonyl (C=O) groups excluding carboxylic acids is 1. The molecule has 2 aliphatic rings. The Morgan fingerprint density at radius 3 is 2.64 bits per heavy atom. The van der Waals surface area contributed by atoms with Crippen LogP contribution in [0.3, 0.4) is 0 Å². The zero-order valence-corrected chi connectivity index (χ0v) is 15.4. The van der Waals surface area contributed by atoms with Crippen LogP contribution >= 0.6 is 11.6 Å². The second-order valence-electron chi connectivity index (χ2n) is 5.93. The molecule has 7 nitrogen and oxygen atoms in total. The minimum absolute atomic E-state index is 0.0134. The van der Waals surface area contributed by atoms with E-state index >= 15 is 0 Å². The first kappa shape index (κ1) is 18.6. The highest BCUT2D eigenvalue weighted by atomic mass is 35.5. The molecule has 138 valence electrons. The summed E-state index contributed by atoms with van der Waals surface area (Å²) in [5, 5.41) is -0.0134. The SMILES string of the molecule is COC(=O)c1ccc(S(=O)(=O)N2CCCCC2C2OCCO2)c(Cl)c1. The maximum absolute atomic E-state index is 13.1. The van der Waals surface area contributed by atoms with E-state index in [4.69, 9.17) is 21.1 Å². The van der Waals surface area contributed by atoms with Crippen molar-refractivity contribution in [3.63, 3.8) is 0 Å². The van der Waals surface area contributed by atoms with Crippen molar-refractivity contribution in [2.24, 2.45) is 0 Å². The van der Waals surface area contributed by atoms with E-state index in [1.807, 2.05) is 0 Å². The average molecular weight is 390 g/mol. The molecular formula is C16H20ClNO6S. The number of nitrogens with zero attached hydrogens (tertiary/aromatic N) is 1. The van der Waals surface area contributed by atoms with Crippen LogP contribution in [-0.4, -0.2) is 57.9 Å². The minimum atomic E-state index is -3.84. The van der Waals surface area contributed by atoms with Crippen molar-refractivity contribution < 1.29 is 27.4 Å². The fourth-order valence-corrected chi connectivity index (χ4v) is 5.38. The Kier molecular flexibility index (Phi) is 5.65. The van der Waals surface area contributed by atoms with Crippen LogP contribution in [0.2, 0.25) is 5.02 Å². The van der Waals surface area contributed by atoms with E-state index in [9.17, 15) is 13.2 Å². The third-order valence-electron chi connectivity index (χ3n) is 4.40. The summed E-state index contributed by atoms with van der Waals surface area (Å²) in [7, 11) is -2.59. The summed E-state index contributed by atoms with van der Waals surface area (Å²) in [4.78, 5) is 11.5. The molecule has 0 N–H and O–H groups in total. The van der Waals surface area contributed by atoms with Crippen molar-refractivity contribution in [2.45, 2.75) is 36.5 Å². The van der Waals surface area contributed by atoms with E-state index in [2.05, 4.69) is 4.74 Å². The van der Waals surface area contributed by atoms with Crippen LogP contribution in [0.15, 0.2) is 23.1 Å². The largest absolute Gasteiger partial charge is 0.465 e. The molecule has 1 unspecified atom stereocenters. The molecule has 1 aromatic rings. The number of esters is 1. The summed E-state index contributed by atoms with van der Waals surface area (Å²) in [5.74, 6) is -0.575. The van der Waals surface area contributed by atoms with Gasteiger partial charge in [0.1, 0.15) is 4.90 Å². The van der Waals surface area contributed by atoms with Gasteiger partial charge >= 0.3 is 5.97 Å². The van der Waals surface area contributed by atoms with E-state index in [1.165, 1.54) is 29.6 Å². The number of methoxy groups -OCH3 is 1. The first-order chi connectivity index (χ1) is 11.9. The van der Waals surface area contributed by atoms with Gasteiger partial charge in [0.15, 0.2) is 6.29 Å². The predicted molar refractivity (Wildman–Crippen MR) is 90.0 cm³/mol. The summed E-state index contributed by atoms with van der Waals surface area (Å²) in [6.45, 7) is 1.30. The molecule has 2 fully saturated rings. The molecule has 3 rings (SSSR count). The van der Waals surface area contributed by atoms with Gasteiger partial charge in [-0.25, -0.2) is 13.2 Å². The number of hydrogen-bond acceptors (Lipinski definition) is 6. The monoisotopic (exact) mass is 389 g/mol. The standard InChI is InChI=1S/C16H20ClNO6S/c1-22-15(19)11-5-6-14(12(17)10-11)25(20,21)18-7-3-2-4-13(18)16-23-8-9-24-16/h5-6,10,13,16H,2-4,7-9H2,1H3. The highest BCUT2D eigenvalue weighted by Crippen LogP contribution is 2.33. The number of halogens is 1. The van der Waals surface area contributed by atoms with Crippen LogP contribution in [0, 0.1) is 0 Å². The zero-order valence-electron chi connectivity index (χ0n) is 13.8. The molecule has 2 aliphatic heterocycles. The Labute approximate surface area is 151 Å². The maximum Gasteiger partial charge on any atom is 0.337 e. The van der Waals surface area contributed by atoms with Crippen molar-refractivity contribution in [1.29, 1.82) is 0 Å². The van der Waals surface area contributed by atoms with Crippen molar-refractivity contribution in [1.82, 2.24) is 4.31 Å². The predicted octanol–water partition coefficient (Wildman–Crippen LogP) is 2.04. The minimum Gasteiger partial charge on any atom is -0.465 e. The second kappa shape index (κ2) is 7.59. The number of ether oxygens (including phenoxy) is 3. The summed E-state index contributed by atoms with van der Waals surface area (Å²) < 4.78 is 43.4. The lowest BCUT2D eigenvalue weighted by Gasteiger charge is -2.37. The topological polar surface area (TPSA) is 82.1 Å². The van der Waals surface area contributed by atoms with E-state index < -0.39 is 22.3 Å². The van der Waals surface area contributed by atoms with Crippen molar-refractivity contribution in [2.75, 3.05) is 26.9 Å². The zero-order chi connectivity index (χ0) is 18.0. The number of hydrogen-bond donors (Lipinski definition) is 0. The Bertz CT molecular complexity index is 747. The molecule has 0 aromatic heterocycles. The third kappa shape index (κ3) is 3.68. The Morgan fingerprint density at radius 2 is 2.00 bits per heavy atom. The van der Waals surface area contributed by atoms with Crippen molar-refractivity contribution in [3.05, 3.63) is 28.8 Å². The van der Waals surface area contributed by atoms with Crippen LogP contribution in [0.4, 0.5) is 0 Å². The van der Waals surface area contributed by atoms with Gasteiger partial charge < -0.3 is 14.2 Å². The first-order valence-electron chi connectivity index (χ1n) is 8.08. The van der Waals surface area contributed by atoms with Gasteiger partial charge in [-0.2, -0.15) is 4.31 Å². The lowest BCUT2D eigenvalue weighted by molar-refractivity contribution is -0.0913. The van der Waals surface area contributed by atoms with Gasteiger partial charge in [-0.3, -0.25) is 0 Å². The van der Waals surface area contributed by atoms with Gasteiger partial charge in [-0.05, 0) is 31.0 Å². The van der Waals surface area contributed by atoms with Gasteiger partial charge in [0.05, 0.1) is 37.0 Å². The van der Waals surface area contributed by atoms with Gasteiger partial charge in [0, 0.05) is 6.54 Å². The van der Waals surface area contributed by atoms with Crippen LogP contribution in [0.25, 0.3) is 0 Å². The van der Waals surface area contributed by atoms with Crippen molar-refractivity contribution >= 4 is 27.6 Å². The fourth-order valence-electron chi connectivity index (χ4n) is 3.18. The van der Waals surface area contributed by atoms with Gasteiger partial charge in [0.2, 0.25) is 10.0 Å². The fraction of sp³-hybridized carbons (Fsp3) is 0.562. The molecule has 1 aromatic carbocycles. The Morgan fingerprint density at radius 1 is 1.28 bits per heavy atom. The number of rotatable bonds is 4. The summed E-state index contributed by atoms with van der Waals surface area (Å²) in [5.41, 5.74) is 0.198. The molecule has 2 heterocycles. The molecule has 0 saturated carbocycles. The smallest absolute Gasteiger partial charge is 0.337 e. The van der Waals surface area contributed by atoms with Crippen LogP contribution < -0.4 is 0 Å². The molecule has 9 heteroatoms. The van der Waals surface area contributed by atoms with Crippen LogP contribution in [0.5, 0.6) is 0 Å². The lowest BCUT2D eigenvalue weighted by atomic mass is 10.0. The number of carbonyl (C=O) groups is 1. The first-order valence-corrected chi connectivity index (χ1v) is 9.90. The molecular weight excluding hydrogens is 370 g/mol. The quantitative estimate of drug-likeness (QED) is 0.733. The molecule has 0 spiro atoms. The van der Waals surface area contributed by atoms with Gasteiger partial charge in [-0.1, -0.05) is 18.0 Å². The normalized spacial score (nSPS) is 22.9. The van der Waals surface area contributed by atoms with E-state index in [1.54, 1.807) is 0 Å². The van der Waals surface area contributed by atoms with Gasteiger partial charge in [-0.15, -0.1) is 0 Å². The number of piperidine rings is 1. The molecule has 0 radical (unpaired) electrons. The molecule has 0 amide bonds. The summed E-state index contributed by atoms with van der Waals surface area (Å²) in [6, 6.07) is 3.66. The third-order valence-corrected chi connectivity index (χ3v) is 6.81. The van der Waals surface area contributed by atoms with E-state index in [-0.39, 0.29) is 21.5 Å². The molecule has 0 aliphatic carbocycles. The second-order valence-corrected chi connectivity index (χ2v) is 8.19. The molecule has 0 bridgehead atoms. The Balaban J connectivity index is 1.92.